The minimum Gasteiger partial charge on any atom is -0.383 e. The zero-order chi connectivity index (χ0) is 20.9. The van der Waals surface area contributed by atoms with Gasteiger partial charge >= 0.3 is 0 Å². The van der Waals surface area contributed by atoms with Crippen molar-refractivity contribution >= 4 is 49.9 Å². The zero-order valence-corrected chi connectivity index (χ0v) is 18.9. The summed E-state index contributed by atoms with van der Waals surface area (Å²) in [7, 11) is 1.68. The second-order valence-corrected chi connectivity index (χ2v) is 9.11. The fourth-order valence-electron chi connectivity index (χ4n) is 2.76. The fraction of sp³-hybridized carbons (Fsp3) is 0.400. The molecule has 30 heavy (non-hydrogen) atoms. The molecule has 0 radical (unpaired) electrons. The van der Waals surface area contributed by atoms with Crippen molar-refractivity contribution in [3.8, 4) is 0 Å². The van der Waals surface area contributed by atoms with E-state index in [0.29, 0.717) is 24.7 Å². The highest BCUT2D eigenvalue weighted by Crippen LogP contribution is 2.33. The van der Waals surface area contributed by atoms with Crippen LogP contribution >= 0.6 is 23.1 Å². The third kappa shape index (κ3) is 4.82. The Morgan fingerprint density at radius 2 is 2.10 bits per heavy atom. The van der Waals surface area contributed by atoms with Crippen molar-refractivity contribution in [3.63, 3.8) is 0 Å². The molecule has 1 aromatic carbocycles. The Bertz CT molecular complexity index is 1130. The summed E-state index contributed by atoms with van der Waals surface area (Å²) >= 11 is 3.22. The number of aromatic nitrogens is 5. The lowest BCUT2D eigenvalue weighted by molar-refractivity contribution is 0.210. The van der Waals surface area contributed by atoms with E-state index >= 15 is 0 Å². The minimum atomic E-state index is 0.618. The van der Waals surface area contributed by atoms with E-state index in [1.54, 1.807) is 23.0 Å². The van der Waals surface area contributed by atoms with Gasteiger partial charge in [0.25, 0.3) is 0 Å². The largest absolute Gasteiger partial charge is 0.383 e. The molecule has 0 aliphatic carbocycles. The first kappa shape index (κ1) is 20.8. The second-order valence-electron chi connectivity index (χ2n) is 7.04. The first-order chi connectivity index (χ1) is 14.7. The third-order valence-electron chi connectivity index (χ3n) is 4.71. The molecule has 0 saturated heterocycles. The Kier molecular flexibility index (Phi) is 6.66. The molecule has 1 unspecified atom stereocenters. The summed E-state index contributed by atoms with van der Waals surface area (Å²) in [6, 6.07) is 10.1. The number of hydrogen-bond donors (Lipinski definition) is 2. The number of thiazole rings is 1. The quantitative estimate of drug-likeness (QED) is 0.349. The molecule has 0 aliphatic rings. The molecular formula is C20H25N7OS2. The number of nitrogens with zero attached hydrogens (tertiary/aromatic N) is 5. The van der Waals surface area contributed by atoms with E-state index in [1.807, 2.05) is 12.1 Å². The summed E-state index contributed by atoms with van der Waals surface area (Å²) in [6.07, 6.45) is 1.16. The van der Waals surface area contributed by atoms with Crippen molar-refractivity contribution in [2.75, 3.05) is 37.4 Å². The van der Waals surface area contributed by atoms with Crippen LogP contribution in [0.25, 0.3) is 15.9 Å². The van der Waals surface area contributed by atoms with Crippen LogP contribution in [-0.4, -0.2) is 51.6 Å². The monoisotopic (exact) mass is 443 g/mol. The van der Waals surface area contributed by atoms with E-state index in [9.17, 15) is 0 Å². The van der Waals surface area contributed by atoms with Gasteiger partial charge in [0.2, 0.25) is 5.16 Å². The van der Waals surface area contributed by atoms with Gasteiger partial charge in [0.15, 0.2) is 10.8 Å². The van der Waals surface area contributed by atoms with Crippen molar-refractivity contribution in [1.82, 2.24) is 24.8 Å². The van der Waals surface area contributed by atoms with Crippen LogP contribution in [0.15, 0.2) is 40.4 Å². The van der Waals surface area contributed by atoms with E-state index in [4.69, 9.17) is 4.74 Å². The molecule has 0 bridgehead atoms. The molecule has 8 nitrogen and oxygen atoms in total. The average molecular weight is 444 g/mol. The maximum absolute atomic E-state index is 5.07. The summed E-state index contributed by atoms with van der Waals surface area (Å²) in [5.74, 6) is 1.39. The standard InChI is InChI=1S/C20H25N7OS2/c1-4-13(2)12-22-19-23-15-6-5-14(11-16(15)30-19)29-20-25-24-18-8-7-17(26-27(18)20)21-9-10-28-3/h5-8,11,13H,4,9-10,12H2,1-3H3,(H,21,26)(H,22,23). The second kappa shape index (κ2) is 9.59. The van der Waals surface area contributed by atoms with Gasteiger partial charge in [-0.1, -0.05) is 31.6 Å². The minimum absolute atomic E-state index is 0.618. The van der Waals surface area contributed by atoms with Crippen LogP contribution in [0.2, 0.25) is 0 Å². The Hall–Kier alpha value is -2.43. The summed E-state index contributed by atoms with van der Waals surface area (Å²) in [5.41, 5.74) is 1.72. The van der Waals surface area contributed by atoms with E-state index in [2.05, 4.69) is 63.0 Å². The molecule has 3 heterocycles. The summed E-state index contributed by atoms with van der Waals surface area (Å²) < 4.78 is 7.98. The van der Waals surface area contributed by atoms with Crippen molar-refractivity contribution in [2.24, 2.45) is 5.92 Å². The van der Waals surface area contributed by atoms with Gasteiger partial charge in [0.05, 0.1) is 16.8 Å². The van der Waals surface area contributed by atoms with Crippen molar-refractivity contribution < 1.29 is 4.74 Å². The van der Waals surface area contributed by atoms with Crippen LogP contribution in [0.5, 0.6) is 0 Å². The number of anilines is 2. The number of methoxy groups -OCH3 is 1. The lowest BCUT2D eigenvalue weighted by Gasteiger charge is -2.07. The smallest absolute Gasteiger partial charge is 0.217 e. The van der Waals surface area contributed by atoms with Crippen molar-refractivity contribution in [3.05, 3.63) is 30.3 Å². The van der Waals surface area contributed by atoms with Crippen LogP contribution < -0.4 is 10.6 Å². The van der Waals surface area contributed by atoms with Gasteiger partial charge in [-0.05, 0) is 48.0 Å². The first-order valence-electron chi connectivity index (χ1n) is 9.94. The molecule has 0 fully saturated rings. The van der Waals surface area contributed by atoms with Crippen LogP contribution in [0, 0.1) is 5.92 Å². The molecule has 4 aromatic rings. The Balaban J connectivity index is 1.51. The topological polar surface area (TPSA) is 89.3 Å². The number of ether oxygens (including phenoxy) is 1. The maximum atomic E-state index is 5.07. The zero-order valence-electron chi connectivity index (χ0n) is 17.3. The van der Waals surface area contributed by atoms with Gasteiger partial charge in [-0.3, -0.25) is 0 Å². The molecule has 0 aliphatic heterocycles. The van der Waals surface area contributed by atoms with E-state index in [-0.39, 0.29) is 0 Å². The van der Waals surface area contributed by atoms with Gasteiger partial charge in [0, 0.05) is 25.1 Å². The Morgan fingerprint density at radius 3 is 2.93 bits per heavy atom. The van der Waals surface area contributed by atoms with E-state index in [0.717, 1.165) is 44.2 Å². The van der Waals surface area contributed by atoms with Crippen LogP contribution in [0.1, 0.15) is 20.3 Å². The predicted octanol–water partition coefficient (Wildman–Crippen LogP) is 4.40. The lowest BCUT2D eigenvalue weighted by atomic mass is 10.1. The van der Waals surface area contributed by atoms with Crippen LogP contribution in [-0.2, 0) is 4.74 Å². The highest BCUT2D eigenvalue weighted by atomic mass is 32.2. The number of rotatable bonds is 10. The normalized spacial score (nSPS) is 12.5. The third-order valence-corrected chi connectivity index (χ3v) is 6.62. The first-order valence-corrected chi connectivity index (χ1v) is 11.6. The number of hydrogen-bond acceptors (Lipinski definition) is 9. The molecule has 0 saturated carbocycles. The SMILES string of the molecule is CCC(C)CNc1nc2ccc(Sc3nnc4ccc(NCCOC)nn34)cc2s1. The molecule has 10 heteroatoms. The van der Waals surface area contributed by atoms with Crippen molar-refractivity contribution in [2.45, 2.75) is 30.3 Å². The lowest BCUT2D eigenvalue weighted by Crippen LogP contribution is -2.10. The van der Waals surface area contributed by atoms with Gasteiger partial charge in [-0.15, -0.1) is 15.3 Å². The molecule has 0 spiro atoms. The van der Waals surface area contributed by atoms with Crippen LogP contribution in [0.3, 0.4) is 0 Å². The van der Waals surface area contributed by atoms with Crippen molar-refractivity contribution in [1.29, 1.82) is 0 Å². The Labute approximate surface area is 183 Å². The Morgan fingerprint density at radius 1 is 1.20 bits per heavy atom. The number of nitrogens with one attached hydrogen (secondary N) is 2. The predicted molar refractivity (Wildman–Crippen MR) is 123 cm³/mol. The summed E-state index contributed by atoms with van der Waals surface area (Å²) in [5, 5.41) is 21.5. The number of benzene rings is 1. The average Bonchev–Trinajstić information content (AvgIpc) is 3.35. The maximum Gasteiger partial charge on any atom is 0.217 e. The van der Waals surface area contributed by atoms with E-state index in [1.165, 1.54) is 11.8 Å². The summed E-state index contributed by atoms with van der Waals surface area (Å²) in [4.78, 5) is 5.77. The highest BCUT2D eigenvalue weighted by molar-refractivity contribution is 7.99. The van der Waals surface area contributed by atoms with Gasteiger partial charge in [0.1, 0.15) is 5.82 Å². The fourth-order valence-corrected chi connectivity index (χ4v) is 4.58. The molecule has 158 valence electrons. The van der Waals surface area contributed by atoms with Crippen LogP contribution in [0.4, 0.5) is 10.9 Å². The molecule has 2 N–H and O–H groups in total. The molecule has 1 atom stereocenters. The highest BCUT2D eigenvalue weighted by Gasteiger charge is 2.12. The molecule has 3 aromatic heterocycles. The molecule has 4 rings (SSSR count). The van der Waals surface area contributed by atoms with Gasteiger partial charge in [-0.2, -0.15) is 4.52 Å². The number of fused-ring (bicyclic) bond motifs is 2. The molecule has 0 amide bonds. The summed E-state index contributed by atoms with van der Waals surface area (Å²) in [6.45, 7) is 6.69. The van der Waals surface area contributed by atoms with E-state index < -0.39 is 0 Å². The van der Waals surface area contributed by atoms with Gasteiger partial charge in [-0.25, -0.2) is 4.98 Å². The molecular weight excluding hydrogens is 418 g/mol. The van der Waals surface area contributed by atoms with Gasteiger partial charge < -0.3 is 15.4 Å².